The van der Waals surface area contributed by atoms with Gasteiger partial charge < -0.3 is 9.30 Å². The van der Waals surface area contributed by atoms with E-state index in [2.05, 4.69) is 4.98 Å². The van der Waals surface area contributed by atoms with Crippen molar-refractivity contribution >= 4 is 12.2 Å². The second-order valence-corrected chi connectivity index (χ2v) is 3.21. The molecule has 0 aliphatic carbocycles. The first kappa shape index (κ1) is 10.1. The van der Waals surface area contributed by atoms with E-state index in [9.17, 15) is 4.79 Å². The molecule has 1 atom stereocenters. The Labute approximate surface area is 81.2 Å². The minimum absolute atomic E-state index is 0.134. The number of hydrogen-bond donors (Lipinski definition) is 1. The number of rotatable bonds is 3. The summed E-state index contributed by atoms with van der Waals surface area (Å²) < 4.78 is 7.20. The lowest BCUT2D eigenvalue weighted by Crippen LogP contribution is -2.17. The molecule has 0 bridgehead atoms. The van der Waals surface area contributed by atoms with Gasteiger partial charge in [-0.3, -0.25) is 9.78 Å². The van der Waals surface area contributed by atoms with Crippen LogP contribution in [-0.2, 0) is 4.74 Å². The summed E-state index contributed by atoms with van der Waals surface area (Å²) in [4.78, 5) is 13.4. The van der Waals surface area contributed by atoms with E-state index in [4.69, 9.17) is 17.0 Å². The number of ether oxygens (including phenoxy) is 1. The Morgan fingerprint density at radius 2 is 2.46 bits per heavy atom. The second-order valence-electron chi connectivity index (χ2n) is 2.82. The highest BCUT2D eigenvalue weighted by Gasteiger charge is 2.03. The number of aromatic amines is 1. The van der Waals surface area contributed by atoms with Crippen molar-refractivity contribution in [2.45, 2.75) is 13.0 Å². The SMILES string of the molecule is COCC(C)n1ccc(=O)[nH]c1=S. The zero-order chi connectivity index (χ0) is 9.84. The van der Waals surface area contributed by atoms with Crippen LogP contribution < -0.4 is 5.56 Å². The minimum atomic E-state index is -0.175. The van der Waals surface area contributed by atoms with Gasteiger partial charge in [-0.2, -0.15) is 0 Å². The van der Waals surface area contributed by atoms with Crippen LogP contribution in [0.3, 0.4) is 0 Å². The lowest BCUT2D eigenvalue weighted by atomic mass is 10.3. The van der Waals surface area contributed by atoms with Gasteiger partial charge in [-0.15, -0.1) is 0 Å². The lowest BCUT2D eigenvalue weighted by Gasteiger charge is -2.13. The maximum atomic E-state index is 10.9. The van der Waals surface area contributed by atoms with E-state index in [1.807, 2.05) is 6.92 Å². The third-order valence-electron chi connectivity index (χ3n) is 1.73. The van der Waals surface area contributed by atoms with Gasteiger partial charge in [0, 0.05) is 19.4 Å². The summed E-state index contributed by atoms with van der Waals surface area (Å²) in [6.45, 7) is 2.54. The molecule has 13 heavy (non-hydrogen) atoms. The first-order valence-electron chi connectivity index (χ1n) is 3.95. The predicted molar refractivity (Wildman–Crippen MR) is 52.5 cm³/mol. The molecular formula is C8H12N2O2S. The van der Waals surface area contributed by atoms with Crippen LogP contribution in [0.2, 0.25) is 0 Å². The van der Waals surface area contributed by atoms with Crippen molar-refractivity contribution in [3.05, 3.63) is 27.4 Å². The van der Waals surface area contributed by atoms with Gasteiger partial charge in [-0.25, -0.2) is 0 Å². The average molecular weight is 200 g/mol. The molecule has 1 N–H and O–H groups in total. The summed E-state index contributed by atoms with van der Waals surface area (Å²) in [5.74, 6) is 0. The number of nitrogens with one attached hydrogen (secondary N) is 1. The number of nitrogens with zero attached hydrogens (tertiary/aromatic N) is 1. The van der Waals surface area contributed by atoms with Gasteiger partial charge in [-0.05, 0) is 19.1 Å². The van der Waals surface area contributed by atoms with E-state index in [0.717, 1.165) is 0 Å². The van der Waals surface area contributed by atoms with Gasteiger partial charge in [0.1, 0.15) is 0 Å². The molecule has 0 spiro atoms. The Hall–Kier alpha value is -0.940. The largest absolute Gasteiger partial charge is 0.383 e. The summed E-state index contributed by atoms with van der Waals surface area (Å²) >= 11 is 4.98. The Bertz CT molecular complexity index is 382. The van der Waals surface area contributed by atoms with Crippen molar-refractivity contribution in [2.75, 3.05) is 13.7 Å². The molecule has 0 fully saturated rings. The summed E-state index contributed by atoms with van der Waals surface area (Å²) in [6.07, 6.45) is 1.67. The predicted octanol–water partition coefficient (Wildman–Crippen LogP) is 1.11. The Kier molecular flexibility index (Phi) is 3.39. The van der Waals surface area contributed by atoms with Crippen molar-refractivity contribution in [3.8, 4) is 0 Å². The highest BCUT2D eigenvalue weighted by Crippen LogP contribution is 2.03. The van der Waals surface area contributed by atoms with Gasteiger partial charge in [0.25, 0.3) is 5.56 Å². The van der Waals surface area contributed by atoms with Gasteiger partial charge in [0.05, 0.1) is 12.6 Å². The number of H-pyrrole nitrogens is 1. The van der Waals surface area contributed by atoms with Crippen LogP contribution in [0.1, 0.15) is 13.0 Å². The van der Waals surface area contributed by atoms with Crippen LogP contribution in [0.25, 0.3) is 0 Å². The molecule has 1 aromatic rings. The van der Waals surface area contributed by atoms with E-state index in [1.54, 1.807) is 17.9 Å². The summed E-state index contributed by atoms with van der Waals surface area (Å²) in [7, 11) is 1.63. The van der Waals surface area contributed by atoms with Crippen LogP contribution in [0.15, 0.2) is 17.1 Å². The first-order chi connectivity index (χ1) is 6.15. The zero-order valence-electron chi connectivity index (χ0n) is 7.61. The standard InChI is InChI=1S/C8H12N2O2S/c1-6(5-12-2)10-4-3-7(11)9-8(10)13/h3-4,6H,5H2,1-2H3,(H,9,11,13). The molecule has 1 aromatic heterocycles. The third kappa shape index (κ3) is 2.50. The Morgan fingerprint density at radius 3 is 3.00 bits per heavy atom. The lowest BCUT2D eigenvalue weighted by molar-refractivity contribution is 0.161. The maximum absolute atomic E-state index is 10.9. The molecule has 1 unspecified atom stereocenters. The highest BCUT2D eigenvalue weighted by molar-refractivity contribution is 7.71. The van der Waals surface area contributed by atoms with Crippen molar-refractivity contribution in [3.63, 3.8) is 0 Å². The molecule has 0 aliphatic heterocycles. The van der Waals surface area contributed by atoms with E-state index >= 15 is 0 Å². The number of methoxy groups -OCH3 is 1. The highest BCUT2D eigenvalue weighted by atomic mass is 32.1. The fourth-order valence-electron chi connectivity index (χ4n) is 1.10. The molecule has 0 amide bonds. The molecule has 0 saturated heterocycles. The van der Waals surface area contributed by atoms with Gasteiger partial charge in [0.2, 0.25) is 0 Å². The molecule has 0 saturated carbocycles. The van der Waals surface area contributed by atoms with Crippen molar-refractivity contribution in [1.82, 2.24) is 9.55 Å². The Balaban J connectivity index is 3.02. The van der Waals surface area contributed by atoms with Crippen LogP contribution in [0.5, 0.6) is 0 Å². The van der Waals surface area contributed by atoms with E-state index in [0.29, 0.717) is 11.4 Å². The molecule has 1 rings (SSSR count). The molecule has 0 radical (unpaired) electrons. The number of hydrogen-bond acceptors (Lipinski definition) is 3. The van der Waals surface area contributed by atoms with Gasteiger partial charge >= 0.3 is 0 Å². The van der Waals surface area contributed by atoms with Gasteiger partial charge in [-0.1, -0.05) is 0 Å². The maximum Gasteiger partial charge on any atom is 0.251 e. The first-order valence-corrected chi connectivity index (χ1v) is 4.36. The average Bonchev–Trinajstić information content (AvgIpc) is 2.04. The van der Waals surface area contributed by atoms with Crippen LogP contribution in [0.4, 0.5) is 0 Å². The van der Waals surface area contributed by atoms with E-state index in [1.165, 1.54) is 6.07 Å². The molecule has 5 heteroatoms. The summed E-state index contributed by atoms with van der Waals surface area (Å²) in [6, 6.07) is 1.58. The fraction of sp³-hybridized carbons (Fsp3) is 0.500. The molecular weight excluding hydrogens is 188 g/mol. The normalized spacial score (nSPS) is 12.8. The number of aromatic nitrogens is 2. The van der Waals surface area contributed by atoms with Crippen molar-refractivity contribution < 1.29 is 4.74 Å². The molecule has 0 aromatic carbocycles. The van der Waals surface area contributed by atoms with E-state index in [-0.39, 0.29) is 11.6 Å². The van der Waals surface area contributed by atoms with Crippen LogP contribution in [0, 0.1) is 4.77 Å². The molecule has 4 nitrogen and oxygen atoms in total. The molecule has 0 aliphatic rings. The van der Waals surface area contributed by atoms with Crippen LogP contribution in [-0.4, -0.2) is 23.3 Å². The fourth-order valence-corrected chi connectivity index (χ4v) is 1.44. The quantitative estimate of drug-likeness (QED) is 0.744. The third-order valence-corrected chi connectivity index (χ3v) is 2.05. The molecule has 1 heterocycles. The summed E-state index contributed by atoms with van der Waals surface area (Å²) in [5.41, 5.74) is -0.175. The van der Waals surface area contributed by atoms with Crippen molar-refractivity contribution in [2.24, 2.45) is 0 Å². The monoisotopic (exact) mass is 200 g/mol. The second kappa shape index (κ2) is 4.34. The van der Waals surface area contributed by atoms with Crippen LogP contribution >= 0.6 is 12.2 Å². The molecule has 72 valence electrons. The summed E-state index contributed by atoms with van der Waals surface area (Å²) in [5, 5.41) is 0. The van der Waals surface area contributed by atoms with Gasteiger partial charge in [0.15, 0.2) is 4.77 Å². The minimum Gasteiger partial charge on any atom is -0.383 e. The smallest absolute Gasteiger partial charge is 0.251 e. The zero-order valence-corrected chi connectivity index (χ0v) is 8.43. The van der Waals surface area contributed by atoms with E-state index < -0.39 is 0 Å². The van der Waals surface area contributed by atoms with Crippen molar-refractivity contribution in [1.29, 1.82) is 0 Å². The Morgan fingerprint density at radius 1 is 1.77 bits per heavy atom. The topological polar surface area (TPSA) is 47.0 Å².